The van der Waals surface area contributed by atoms with Crippen LogP contribution in [0.5, 0.6) is 0 Å². The summed E-state index contributed by atoms with van der Waals surface area (Å²) in [5.74, 6) is -0.953. The highest BCUT2D eigenvalue weighted by atomic mass is 16.6. The van der Waals surface area contributed by atoms with Gasteiger partial charge in [-0.2, -0.15) is 0 Å². The molecule has 0 aromatic carbocycles. The second-order valence-electron chi connectivity index (χ2n) is 9.95. The van der Waals surface area contributed by atoms with E-state index in [1.165, 1.54) is 6.92 Å². The van der Waals surface area contributed by atoms with Crippen LogP contribution in [0.1, 0.15) is 73.1 Å². The fraction of sp³-hybridized carbons (Fsp3) is 0.826. The molecule has 7 heteroatoms. The summed E-state index contributed by atoms with van der Waals surface area (Å²) >= 11 is 0. The van der Waals surface area contributed by atoms with Gasteiger partial charge in [0.1, 0.15) is 12.2 Å². The lowest BCUT2D eigenvalue weighted by atomic mass is 9.55. The summed E-state index contributed by atoms with van der Waals surface area (Å²) in [6.45, 7) is 8.97. The number of ether oxygens (including phenoxy) is 2. The maximum absolute atomic E-state index is 12.3. The van der Waals surface area contributed by atoms with E-state index in [0.29, 0.717) is 31.3 Å². The van der Waals surface area contributed by atoms with E-state index in [9.17, 15) is 24.9 Å². The number of aliphatic hydroxyl groups is 3. The van der Waals surface area contributed by atoms with Gasteiger partial charge in [0, 0.05) is 31.1 Å². The fourth-order valence-electron chi connectivity index (χ4n) is 5.91. The monoisotopic (exact) mass is 424 g/mol. The van der Waals surface area contributed by atoms with Gasteiger partial charge in [-0.25, -0.2) is 0 Å². The van der Waals surface area contributed by atoms with Crippen molar-refractivity contribution in [3.8, 4) is 0 Å². The standard InChI is InChI=1S/C23H36O7/c1-6-17(26)20(27)19-13(2)7-8-22(28,21(19,4)5)11-15-9-16(25)10-18-23(15,12-29-18)30-14(3)24/h15-16,18,20,25,27-28H,6-12H2,1-5H3/t15-,16-,18-,20+,22-,23-/m1/s1. The van der Waals surface area contributed by atoms with Crippen LogP contribution in [0.2, 0.25) is 0 Å². The third-order valence-corrected chi connectivity index (χ3v) is 7.84. The molecule has 1 saturated carbocycles. The third-order valence-electron chi connectivity index (χ3n) is 7.84. The van der Waals surface area contributed by atoms with Crippen LogP contribution in [0.15, 0.2) is 11.1 Å². The van der Waals surface area contributed by atoms with Gasteiger partial charge >= 0.3 is 5.97 Å². The maximum atomic E-state index is 12.3. The first-order chi connectivity index (χ1) is 13.9. The first-order valence-electron chi connectivity index (χ1n) is 11.0. The number of fused-ring (bicyclic) bond motifs is 1. The average Bonchev–Trinajstić information content (AvgIpc) is 2.64. The van der Waals surface area contributed by atoms with Crippen molar-refractivity contribution in [2.24, 2.45) is 11.3 Å². The number of hydrogen-bond acceptors (Lipinski definition) is 7. The van der Waals surface area contributed by atoms with Gasteiger partial charge < -0.3 is 24.8 Å². The van der Waals surface area contributed by atoms with Crippen molar-refractivity contribution < 1.29 is 34.4 Å². The fourth-order valence-corrected chi connectivity index (χ4v) is 5.91. The summed E-state index contributed by atoms with van der Waals surface area (Å²) < 4.78 is 11.4. The zero-order chi connectivity index (χ0) is 22.5. The Balaban J connectivity index is 1.94. The molecule has 0 radical (unpaired) electrons. The van der Waals surface area contributed by atoms with E-state index in [1.54, 1.807) is 6.92 Å². The highest BCUT2D eigenvalue weighted by molar-refractivity contribution is 5.86. The number of allylic oxidation sites excluding steroid dienone is 1. The SMILES string of the molecule is CCC(=O)[C@H](O)C1=C(C)CC[C@@](O)(C[C@H]2C[C@@H](O)C[C@H]3OC[C@@]23OC(C)=O)C1(C)C. The summed E-state index contributed by atoms with van der Waals surface area (Å²) in [6.07, 6.45) is 0.132. The maximum Gasteiger partial charge on any atom is 0.303 e. The van der Waals surface area contributed by atoms with E-state index in [4.69, 9.17) is 9.47 Å². The van der Waals surface area contributed by atoms with Crippen LogP contribution in [0.25, 0.3) is 0 Å². The van der Waals surface area contributed by atoms with Crippen LogP contribution in [0, 0.1) is 11.3 Å². The Morgan fingerprint density at radius 1 is 1.30 bits per heavy atom. The molecule has 1 saturated heterocycles. The largest absolute Gasteiger partial charge is 0.454 e. The van der Waals surface area contributed by atoms with E-state index in [2.05, 4.69) is 0 Å². The van der Waals surface area contributed by atoms with Crippen molar-refractivity contribution in [3.05, 3.63) is 11.1 Å². The van der Waals surface area contributed by atoms with Gasteiger partial charge in [0.2, 0.25) is 0 Å². The number of carbonyl (C=O) groups excluding carboxylic acids is 2. The van der Waals surface area contributed by atoms with E-state index >= 15 is 0 Å². The van der Waals surface area contributed by atoms with Gasteiger partial charge in [-0.1, -0.05) is 26.3 Å². The van der Waals surface area contributed by atoms with Crippen LogP contribution in [0.3, 0.4) is 0 Å². The first-order valence-corrected chi connectivity index (χ1v) is 11.0. The Hall–Kier alpha value is -1.28. The lowest BCUT2D eigenvalue weighted by molar-refractivity contribution is -0.303. The number of ketones is 1. The van der Waals surface area contributed by atoms with Crippen LogP contribution in [-0.2, 0) is 19.1 Å². The third kappa shape index (κ3) is 3.64. The quantitative estimate of drug-likeness (QED) is 0.442. The summed E-state index contributed by atoms with van der Waals surface area (Å²) in [5, 5.41) is 33.0. The van der Waals surface area contributed by atoms with Crippen LogP contribution in [-0.4, -0.2) is 63.2 Å². The number of esters is 1. The molecule has 0 aromatic heterocycles. The molecule has 0 spiro atoms. The topological polar surface area (TPSA) is 113 Å². The van der Waals surface area contributed by atoms with Crippen molar-refractivity contribution in [2.45, 2.75) is 103 Å². The van der Waals surface area contributed by atoms with Crippen LogP contribution < -0.4 is 0 Å². The molecule has 0 aromatic rings. The zero-order valence-electron chi connectivity index (χ0n) is 18.7. The van der Waals surface area contributed by atoms with Crippen LogP contribution in [0.4, 0.5) is 0 Å². The highest BCUT2D eigenvalue weighted by Gasteiger charge is 2.63. The summed E-state index contributed by atoms with van der Waals surface area (Å²) in [6, 6.07) is 0. The van der Waals surface area contributed by atoms with Gasteiger partial charge in [0.25, 0.3) is 0 Å². The number of Topliss-reactive ketones (excluding diaryl/α,β-unsaturated/α-hetero) is 1. The molecule has 3 N–H and O–H groups in total. The molecule has 0 bridgehead atoms. The molecule has 2 fully saturated rings. The molecule has 6 atom stereocenters. The second-order valence-corrected chi connectivity index (χ2v) is 9.95. The van der Waals surface area contributed by atoms with Crippen molar-refractivity contribution in [3.63, 3.8) is 0 Å². The molecule has 0 amide bonds. The van der Waals surface area contributed by atoms with E-state index < -0.39 is 34.8 Å². The van der Waals surface area contributed by atoms with E-state index in [0.717, 1.165) is 5.57 Å². The molecule has 1 aliphatic heterocycles. The van der Waals surface area contributed by atoms with E-state index in [-0.39, 0.29) is 37.3 Å². The molecular formula is C23H36O7. The molecule has 7 nitrogen and oxygen atoms in total. The Morgan fingerprint density at radius 3 is 2.50 bits per heavy atom. The van der Waals surface area contributed by atoms with Gasteiger partial charge in [-0.3, -0.25) is 9.59 Å². The van der Waals surface area contributed by atoms with Crippen molar-refractivity contribution in [1.82, 2.24) is 0 Å². The summed E-state index contributed by atoms with van der Waals surface area (Å²) in [4.78, 5) is 24.1. The highest BCUT2D eigenvalue weighted by Crippen LogP contribution is 2.55. The normalized spacial score (nSPS) is 39.0. The molecule has 3 aliphatic rings. The molecule has 170 valence electrons. The zero-order valence-corrected chi connectivity index (χ0v) is 18.7. The van der Waals surface area contributed by atoms with Crippen molar-refractivity contribution in [2.75, 3.05) is 6.61 Å². The minimum atomic E-state index is -1.24. The molecule has 0 unspecified atom stereocenters. The van der Waals surface area contributed by atoms with E-state index in [1.807, 2.05) is 20.8 Å². The molecule has 1 heterocycles. The Bertz CT molecular complexity index is 742. The Morgan fingerprint density at radius 2 is 1.97 bits per heavy atom. The average molecular weight is 425 g/mol. The van der Waals surface area contributed by atoms with Crippen molar-refractivity contribution >= 4 is 11.8 Å². The van der Waals surface area contributed by atoms with Crippen LogP contribution >= 0.6 is 0 Å². The Labute approximate surface area is 178 Å². The number of rotatable bonds is 6. The molecule has 3 rings (SSSR count). The van der Waals surface area contributed by atoms with Gasteiger partial charge in [0.15, 0.2) is 11.4 Å². The summed E-state index contributed by atoms with van der Waals surface area (Å²) in [5.41, 5.74) is -1.42. The predicted molar refractivity (Wildman–Crippen MR) is 110 cm³/mol. The first kappa shape index (κ1) is 23.4. The second kappa shape index (κ2) is 8.01. The number of hydrogen-bond donors (Lipinski definition) is 3. The smallest absolute Gasteiger partial charge is 0.303 e. The van der Waals surface area contributed by atoms with Gasteiger partial charge in [-0.05, 0) is 38.2 Å². The summed E-state index contributed by atoms with van der Waals surface area (Å²) in [7, 11) is 0. The van der Waals surface area contributed by atoms with Gasteiger partial charge in [-0.15, -0.1) is 0 Å². The minimum absolute atomic E-state index is 0.218. The number of aliphatic hydroxyl groups excluding tert-OH is 2. The lowest BCUT2D eigenvalue weighted by Gasteiger charge is -2.59. The lowest BCUT2D eigenvalue weighted by Crippen LogP contribution is -2.70. The van der Waals surface area contributed by atoms with Crippen molar-refractivity contribution in [1.29, 1.82) is 0 Å². The Kier molecular flexibility index (Phi) is 6.24. The molecule has 30 heavy (non-hydrogen) atoms. The predicted octanol–water partition coefficient (Wildman–Crippen LogP) is 2.06. The molecular weight excluding hydrogens is 388 g/mol. The minimum Gasteiger partial charge on any atom is -0.454 e. The van der Waals surface area contributed by atoms with Gasteiger partial charge in [0.05, 0.1) is 18.3 Å². The number of carbonyl (C=O) groups is 2. The molecule has 2 aliphatic carbocycles.